The molecule has 140 valence electrons. The Morgan fingerprint density at radius 2 is 1.75 bits per heavy atom. The number of hydrogen-bond acceptors (Lipinski definition) is 3. The molecule has 5 rings (SSSR count). The Bertz CT molecular complexity index is 1060. The molecule has 2 aliphatic heterocycles. The Hall–Kier alpha value is -2.49. The number of ether oxygens (including phenoxy) is 1. The lowest BCUT2D eigenvalue weighted by Gasteiger charge is -2.38. The highest BCUT2D eigenvalue weighted by atomic mass is 35.5. The first kappa shape index (κ1) is 17.6. The molecule has 0 amide bonds. The first-order valence-electron chi connectivity index (χ1n) is 9.23. The maximum atomic E-state index is 6.50. The molecule has 0 N–H and O–H groups in total. The highest BCUT2D eigenvalue weighted by Crippen LogP contribution is 2.50. The second kappa shape index (κ2) is 6.84. The van der Waals surface area contributed by atoms with Crippen molar-refractivity contribution < 1.29 is 4.74 Å². The van der Waals surface area contributed by atoms with Crippen molar-refractivity contribution in [2.75, 3.05) is 0 Å². The zero-order chi connectivity index (χ0) is 19.3. The minimum Gasteiger partial charge on any atom is -0.463 e. The molecule has 0 bridgehead atoms. The van der Waals surface area contributed by atoms with Gasteiger partial charge in [0.2, 0.25) is 6.23 Å². The molecule has 3 aromatic rings. The van der Waals surface area contributed by atoms with Gasteiger partial charge in [0, 0.05) is 22.6 Å². The van der Waals surface area contributed by atoms with E-state index in [1.54, 1.807) is 6.07 Å². The largest absolute Gasteiger partial charge is 0.463 e. The molecule has 3 nitrogen and oxygen atoms in total. The quantitative estimate of drug-likeness (QED) is 0.480. The summed E-state index contributed by atoms with van der Waals surface area (Å²) in [5.41, 5.74) is 5.42. The molecule has 5 heteroatoms. The van der Waals surface area contributed by atoms with E-state index in [4.69, 9.17) is 33.0 Å². The number of hydrazone groups is 1. The van der Waals surface area contributed by atoms with E-state index in [0.29, 0.717) is 15.8 Å². The summed E-state index contributed by atoms with van der Waals surface area (Å²) < 4.78 is 6.35. The standard InChI is InChI=1S/C23H18Cl2N2O/c1-14-7-9-15(10-8-14)20-13-21-18-11-17(24)12-19(25)22(18)28-23(27(21)26-20)16-5-3-2-4-6-16/h2-12,21,23H,13H2,1H3/t21-,23+/m1/s1. The maximum absolute atomic E-state index is 6.50. The third-order valence-corrected chi connectivity index (χ3v) is 5.78. The molecule has 0 aliphatic carbocycles. The fourth-order valence-corrected chi connectivity index (χ4v) is 4.43. The first-order chi connectivity index (χ1) is 13.6. The van der Waals surface area contributed by atoms with Crippen molar-refractivity contribution in [3.05, 3.63) is 99.0 Å². The van der Waals surface area contributed by atoms with E-state index in [0.717, 1.165) is 28.8 Å². The van der Waals surface area contributed by atoms with Crippen LogP contribution in [0.5, 0.6) is 5.75 Å². The van der Waals surface area contributed by atoms with Gasteiger partial charge in [0.15, 0.2) is 0 Å². The van der Waals surface area contributed by atoms with E-state index in [1.165, 1.54) is 5.56 Å². The predicted molar refractivity (Wildman–Crippen MR) is 113 cm³/mol. The predicted octanol–water partition coefficient (Wildman–Crippen LogP) is 6.54. The number of hydrogen-bond donors (Lipinski definition) is 0. The van der Waals surface area contributed by atoms with Gasteiger partial charge in [0.25, 0.3) is 0 Å². The molecule has 0 aromatic heterocycles. The number of benzene rings is 3. The third-order valence-electron chi connectivity index (χ3n) is 5.28. The van der Waals surface area contributed by atoms with E-state index in [9.17, 15) is 0 Å². The molecular weight excluding hydrogens is 391 g/mol. The summed E-state index contributed by atoms with van der Waals surface area (Å²) in [6.45, 7) is 2.09. The van der Waals surface area contributed by atoms with Crippen LogP contribution in [0.3, 0.4) is 0 Å². The summed E-state index contributed by atoms with van der Waals surface area (Å²) in [4.78, 5) is 0. The van der Waals surface area contributed by atoms with Gasteiger partial charge >= 0.3 is 0 Å². The minimum atomic E-state index is -0.333. The highest BCUT2D eigenvalue weighted by Gasteiger charge is 2.41. The summed E-state index contributed by atoms with van der Waals surface area (Å²) in [5, 5.41) is 8.15. The normalized spacial score (nSPS) is 20.2. The molecule has 2 heterocycles. The van der Waals surface area contributed by atoms with Crippen molar-refractivity contribution in [1.29, 1.82) is 0 Å². The van der Waals surface area contributed by atoms with Gasteiger partial charge in [-0.2, -0.15) is 5.10 Å². The second-order valence-electron chi connectivity index (χ2n) is 7.20. The van der Waals surface area contributed by atoms with Gasteiger partial charge in [-0.05, 0) is 24.6 Å². The summed E-state index contributed by atoms with van der Waals surface area (Å²) in [5.74, 6) is 0.696. The molecule has 2 atom stereocenters. The summed E-state index contributed by atoms with van der Waals surface area (Å²) in [6.07, 6.45) is 0.444. The van der Waals surface area contributed by atoms with Gasteiger partial charge < -0.3 is 4.74 Å². The molecule has 0 unspecified atom stereocenters. The molecular formula is C23H18Cl2N2O. The van der Waals surface area contributed by atoms with E-state index in [1.807, 2.05) is 29.3 Å². The van der Waals surface area contributed by atoms with Crippen LogP contribution in [0.4, 0.5) is 0 Å². The van der Waals surface area contributed by atoms with Crippen LogP contribution in [0.25, 0.3) is 0 Å². The number of aryl methyl sites for hydroxylation is 1. The van der Waals surface area contributed by atoms with Gasteiger partial charge in [-0.3, -0.25) is 0 Å². The van der Waals surface area contributed by atoms with E-state index >= 15 is 0 Å². The van der Waals surface area contributed by atoms with E-state index in [2.05, 4.69) is 43.3 Å². The zero-order valence-corrected chi connectivity index (χ0v) is 16.8. The topological polar surface area (TPSA) is 24.8 Å². The Morgan fingerprint density at radius 1 is 1.00 bits per heavy atom. The van der Waals surface area contributed by atoms with Crippen molar-refractivity contribution in [3.8, 4) is 5.75 Å². The van der Waals surface area contributed by atoms with Crippen LogP contribution in [0, 0.1) is 6.92 Å². The number of rotatable bonds is 2. The van der Waals surface area contributed by atoms with Crippen LogP contribution in [0.1, 0.15) is 40.9 Å². The van der Waals surface area contributed by atoms with Crippen LogP contribution in [0.15, 0.2) is 71.8 Å². The molecule has 0 radical (unpaired) electrons. The van der Waals surface area contributed by atoms with Gasteiger partial charge in [-0.25, -0.2) is 5.01 Å². The van der Waals surface area contributed by atoms with Crippen LogP contribution < -0.4 is 4.74 Å². The Morgan fingerprint density at radius 3 is 2.50 bits per heavy atom. The molecule has 28 heavy (non-hydrogen) atoms. The van der Waals surface area contributed by atoms with Crippen LogP contribution >= 0.6 is 23.2 Å². The summed E-state index contributed by atoms with van der Waals surface area (Å²) >= 11 is 12.8. The van der Waals surface area contributed by atoms with Crippen LogP contribution in [-0.4, -0.2) is 10.7 Å². The lowest BCUT2D eigenvalue weighted by atomic mass is 9.95. The molecule has 0 saturated carbocycles. The van der Waals surface area contributed by atoms with E-state index in [-0.39, 0.29) is 12.3 Å². The lowest BCUT2D eigenvalue weighted by Crippen LogP contribution is -2.33. The summed E-state index contributed by atoms with van der Waals surface area (Å²) in [7, 11) is 0. The maximum Gasteiger partial charge on any atom is 0.213 e. The van der Waals surface area contributed by atoms with Crippen LogP contribution in [0.2, 0.25) is 10.0 Å². The van der Waals surface area contributed by atoms with E-state index < -0.39 is 0 Å². The van der Waals surface area contributed by atoms with Crippen molar-refractivity contribution >= 4 is 28.9 Å². The van der Waals surface area contributed by atoms with Gasteiger partial charge in [-0.1, -0.05) is 83.4 Å². The average Bonchev–Trinajstić information content (AvgIpc) is 3.14. The van der Waals surface area contributed by atoms with Crippen molar-refractivity contribution in [2.24, 2.45) is 5.10 Å². The molecule has 3 aromatic carbocycles. The van der Waals surface area contributed by atoms with Crippen molar-refractivity contribution in [1.82, 2.24) is 5.01 Å². The average molecular weight is 409 g/mol. The third kappa shape index (κ3) is 2.95. The zero-order valence-electron chi connectivity index (χ0n) is 15.3. The Labute approximate surface area is 174 Å². The lowest BCUT2D eigenvalue weighted by molar-refractivity contribution is -0.0189. The smallest absolute Gasteiger partial charge is 0.213 e. The van der Waals surface area contributed by atoms with Gasteiger partial charge in [0.05, 0.1) is 16.8 Å². The highest BCUT2D eigenvalue weighted by molar-refractivity contribution is 6.35. The fraction of sp³-hybridized carbons (Fsp3) is 0.174. The fourth-order valence-electron chi connectivity index (χ4n) is 3.87. The van der Waals surface area contributed by atoms with Gasteiger partial charge in [0.1, 0.15) is 5.75 Å². The molecule has 2 aliphatic rings. The monoisotopic (exact) mass is 408 g/mol. The van der Waals surface area contributed by atoms with Crippen LogP contribution in [-0.2, 0) is 0 Å². The molecule has 0 fully saturated rings. The second-order valence-corrected chi connectivity index (χ2v) is 8.04. The number of fused-ring (bicyclic) bond motifs is 3. The summed E-state index contributed by atoms with van der Waals surface area (Å²) in [6, 6.07) is 22.3. The number of nitrogens with zero attached hydrogens (tertiary/aromatic N) is 2. The Kier molecular flexibility index (Phi) is 4.30. The van der Waals surface area contributed by atoms with Gasteiger partial charge in [-0.15, -0.1) is 0 Å². The number of halogens is 2. The first-order valence-corrected chi connectivity index (χ1v) is 9.99. The molecule has 0 saturated heterocycles. The SMILES string of the molecule is Cc1ccc(C2=NN3[C@H](C2)c2cc(Cl)cc(Cl)c2O[C@H]3c2ccccc2)cc1. The van der Waals surface area contributed by atoms with Crippen molar-refractivity contribution in [2.45, 2.75) is 25.6 Å². The van der Waals surface area contributed by atoms with Crippen molar-refractivity contribution in [3.63, 3.8) is 0 Å². The minimum absolute atomic E-state index is 0.0291. The Balaban J connectivity index is 1.63. The molecule has 0 spiro atoms.